The minimum absolute atomic E-state index is 0.119. The topological polar surface area (TPSA) is 91.7 Å². The van der Waals surface area contributed by atoms with Crippen LogP contribution in [0.5, 0.6) is 17.2 Å². The summed E-state index contributed by atoms with van der Waals surface area (Å²) in [7, 11) is 4.51. The van der Waals surface area contributed by atoms with E-state index in [0.29, 0.717) is 33.2 Å². The molecule has 0 spiro atoms. The molecule has 1 aromatic carbocycles. The molecule has 8 nitrogen and oxygen atoms in total. The van der Waals surface area contributed by atoms with Gasteiger partial charge < -0.3 is 19.5 Å². The molecule has 0 aliphatic heterocycles. The fourth-order valence-corrected chi connectivity index (χ4v) is 3.37. The molecular formula is C18H19N3O5S. The Labute approximate surface area is 159 Å². The number of carbonyl (C=O) groups is 1. The highest BCUT2D eigenvalue weighted by Gasteiger charge is 2.15. The molecular weight excluding hydrogens is 370 g/mol. The first kappa shape index (κ1) is 18.7. The van der Waals surface area contributed by atoms with Crippen LogP contribution in [-0.2, 0) is 11.3 Å². The fraction of sp³-hybridized carbons (Fsp3) is 0.278. The van der Waals surface area contributed by atoms with Crippen molar-refractivity contribution < 1.29 is 19.0 Å². The smallest absolute Gasteiger partial charge is 0.262 e. The van der Waals surface area contributed by atoms with Crippen molar-refractivity contribution in [1.82, 2.24) is 9.55 Å². The van der Waals surface area contributed by atoms with Crippen LogP contribution in [0.1, 0.15) is 6.42 Å². The second-order valence-electron chi connectivity index (χ2n) is 5.59. The number of thiophene rings is 1. The third-order valence-corrected chi connectivity index (χ3v) is 4.80. The number of ether oxygens (including phenoxy) is 3. The van der Waals surface area contributed by atoms with Crippen LogP contribution < -0.4 is 25.1 Å². The van der Waals surface area contributed by atoms with Gasteiger partial charge in [0.15, 0.2) is 11.5 Å². The first-order valence-corrected chi connectivity index (χ1v) is 8.97. The lowest BCUT2D eigenvalue weighted by molar-refractivity contribution is -0.116. The SMILES string of the molecule is COc1cc(NC(=O)CCn2cnc3sccc3c2=O)cc(OC)c1OC. The first-order valence-electron chi connectivity index (χ1n) is 8.10. The molecule has 0 aliphatic carbocycles. The molecule has 0 atom stereocenters. The van der Waals surface area contributed by atoms with Gasteiger partial charge in [0.25, 0.3) is 5.56 Å². The second-order valence-corrected chi connectivity index (χ2v) is 6.49. The van der Waals surface area contributed by atoms with Crippen molar-refractivity contribution in [2.75, 3.05) is 26.6 Å². The number of hydrogen-bond acceptors (Lipinski definition) is 7. The van der Waals surface area contributed by atoms with Crippen LogP contribution in [0.15, 0.2) is 34.7 Å². The largest absolute Gasteiger partial charge is 0.493 e. The van der Waals surface area contributed by atoms with Crippen molar-refractivity contribution in [3.8, 4) is 17.2 Å². The summed E-state index contributed by atoms with van der Waals surface area (Å²) in [6, 6.07) is 5.02. The first-order chi connectivity index (χ1) is 13.1. The van der Waals surface area contributed by atoms with Gasteiger partial charge in [-0.15, -0.1) is 11.3 Å². The third-order valence-electron chi connectivity index (χ3n) is 3.98. The molecule has 0 saturated carbocycles. The number of rotatable bonds is 7. The highest BCUT2D eigenvalue weighted by Crippen LogP contribution is 2.39. The van der Waals surface area contributed by atoms with Gasteiger partial charge in [0, 0.05) is 30.8 Å². The summed E-state index contributed by atoms with van der Waals surface area (Å²) < 4.78 is 17.2. The maximum Gasteiger partial charge on any atom is 0.262 e. The molecule has 0 fully saturated rings. The van der Waals surface area contributed by atoms with Crippen molar-refractivity contribution in [3.63, 3.8) is 0 Å². The average molecular weight is 389 g/mol. The van der Waals surface area contributed by atoms with Gasteiger partial charge in [-0.3, -0.25) is 14.2 Å². The predicted molar refractivity (Wildman–Crippen MR) is 103 cm³/mol. The summed E-state index contributed by atoms with van der Waals surface area (Å²) >= 11 is 1.41. The van der Waals surface area contributed by atoms with Gasteiger partial charge in [-0.2, -0.15) is 0 Å². The summed E-state index contributed by atoms with van der Waals surface area (Å²) in [4.78, 5) is 29.6. The molecule has 1 N–H and O–H groups in total. The van der Waals surface area contributed by atoms with Crippen molar-refractivity contribution in [2.45, 2.75) is 13.0 Å². The van der Waals surface area contributed by atoms with Gasteiger partial charge in [0.1, 0.15) is 4.83 Å². The van der Waals surface area contributed by atoms with Gasteiger partial charge in [-0.25, -0.2) is 4.98 Å². The van der Waals surface area contributed by atoms with Crippen LogP contribution >= 0.6 is 11.3 Å². The van der Waals surface area contributed by atoms with Crippen LogP contribution in [0.3, 0.4) is 0 Å². The molecule has 3 rings (SSSR count). The molecule has 0 saturated heterocycles. The molecule has 1 amide bonds. The van der Waals surface area contributed by atoms with Crippen molar-refractivity contribution in [1.29, 1.82) is 0 Å². The summed E-state index contributed by atoms with van der Waals surface area (Å²) in [5.74, 6) is 1.08. The van der Waals surface area contributed by atoms with E-state index in [1.54, 1.807) is 18.2 Å². The lowest BCUT2D eigenvalue weighted by atomic mass is 10.2. The van der Waals surface area contributed by atoms with E-state index in [0.717, 1.165) is 0 Å². The van der Waals surface area contributed by atoms with E-state index in [1.807, 2.05) is 5.38 Å². The summed E-state index contributed by atoms with van der Waals surface area (Å²) in [5.41, 5.74) is 0.357. The number of methoxy groups -OCH3 is 3. The van der Waals surface area contributed by atoms with E-state index in [4.69, 9.17) is 14.2 Å². The van der Waals surface area contributed by atoms with Gasteiger partial charge >= 0.3 is 0 Å². The normalized spacial score (nSPS) is 10.6. The van der Waals surface area contributed by atoms with E-state index >= 15 is 0 Å². The van der Waals surface area contributed by atoms with Crippen molar-refractivity contribution >= 4 is 33.1 Å². The predicted octanol–water partition coefficient (Wildman–Crippen LogP) is 2.51. The number of nitrogens with zero attached hydrogens (tertiary/aromatic N) is 2. The Morgan fingerprint density at radius 1 is 1.19 bits per heavy atom. The van der Waals surface area contributed by atoms with E-state index in [2.05, 4.69) is 10.3 Å². The molecule has 2 heterocycles. The van der Waals surface area contributed by atoms with Crippen LogP contribution in [0.2, 0.25) is 0 Å². The Morgan fingerprint density at radius 2 is 1.89 bits per heavy atom. The Balaban J connectivity index is 1.72. The number of benzene rings is 1. The molecule has 9 heteroatoms. The van der Waals surface area contributed by atoms with Crippen LogP contribution in [0.25, 0.3) is 10.2 Å². The number of carbonyl (C=O) groups excluding carboxylic acids is 1. The molecule has 0 aliphatic rings. The lowest BCUT2D eigenvalue weighted by Gasteiger charge is -2.14. The third kappa shape index (κ3) is 3.87. The number of aryl methyl sites for hydroxylation is 1. The molecule has 0 radical (unpaired) electrons. The van der Waals surface area contributed by atoms with Gasteiger partial charge in [0.05, 0.1) is 33.0 Å². The summed E-state index contributed by atoms with van der Waals surface area (Å²) in [5, 5.41) is 5.16. The molecule has 0 unspecified atom stereocenters. The number of amides is 1. The van der Waals surface area contributed by atoms with Crippen molar-refractivity contribution in [2.24, 2.45) is 0 Å². The zero-order valence-corrected chi connectivity index (χ0v) is 16.0. The molecule has 27 heavy (non-hydrogen) atoms. The summed E-state index contributed by atoms with van der Waals surface area (Å²) in [6.45, 7) is 0.230. The maximum atomic E-state index is 12.3. The molecule has 0 bridgehead atoms. The van der Waals surface area contributed by atoms with Gasteiger partial charge in [-0.1, -0.05) is 0 Å². The quantitative estimate of drug-likeness (QED) is 0.668. The number of anilines is 1. The van der Waals surface area contributed by atoms with E-state index < -0.39 is 0 Å². The van der Waals surface area contributed by atoms with E-state index in [9.17, 15) is 9.59 Å². The highest BCUT2D eigenvalue weighted by molar-refractivity contribution is 7.16. The van der Waals surface area contributed by atoms with E-state index in [-0.39, 0.29) is 24.4 Å². The fourth-order valence-electron chi connectivity index (χ4n) is 2.65. The minimum atomic E-state index is -0.249. The minimum Gasteiger partial charge on any atom is -0.493 e. The van der Waals surface area contributed by atoms with E-state index in [1.165, 1.54) is 43.6 Å². The number of nitrogens with one attached hydrogen (secondary N) is 1. The molecule has 3 aromatic rings. The number of aromatic nitrogens is 2. The monoisotopic (exact) mass is 389 g/mol. The standard InChI is InChI=1S/C18H19N3O5S/c1-24-13-8-11(9-14(25-2)16(13)26-3)20-15(22)4-6-21-10-19-17-12(18(21)23)5-7-27-17/h5,7-10H,4,6H2,1-3H3,(H,20,22). The van der Waals surface area contributed by atoms with Gasteiger partial charge in [0.2, 0.25) is 11.7 Å². The van der Waals surface area contributed by atoms with Crippen LogP contribution in [-0.4, -0.2) is 36.8 Å². The van der Waals surface area contributed by atoms with Crippen LogP contribution in [0.4, 0.5) is 5.69 Å². The Hall–Kier alpha value is -3.07. The zero-order valence-electron chi connectivity index (χ0n) is 15.1. The molecule has 142 valence electrons. The number of hydrogen-bond donors (Lipinski definition) is 1. The summed E-state index contributed by atoms with van der Waals surface area (Å²) in [6.07, 6.45) is 1.59. The Kier molecular flexibility index (Phi) is 5.60. The molecule has 2 aromatic heterocycles. The maximum absolute atomic E-state index is 12.3. The Morgan fingerprint density at radius 3 is 2.52 bits per heavy atom. The van der Waals surface area contributed by atoms with Crippen molar-refractivity contribution in [3.05, 3.63) is 40.3 Å². The Bertz CT molecular complexity index is 1000. The second kappa shape index (κ2) is 8.09. The number of fused-ring (bicyclic) bond motifs is 1. The van der Waals surface area contributed by atoms with Gasteiger partial charge in [-0.05, 0) is 11.4 Å². The van der Waals surface area contributed by atoms with Crippen LogP contribution in [0, 0.1) is 0 Å². The average Bonchev–Trinajstić information content (AvgIpc) is 3.16. The zero-order chi connectivity index (χ0) is 19.4. The highest BCUT2D eigenvalue weighted by atomic mass is 32.1. The lowest BCUT2D eigenvalue weighted by Crippen LogP contribution is -2.23.